The van der Waals surface area contributed by atoms with Gasteiger partial charge in [-0.25, -0.2) is 9.97 Å². The molecule has 200 valence electrons. The van der Waals surface area contributed by atoms with Crippen molar-refractivity contribution in [3.05, 3.63) is 48.8 Å². The van der Waals surface area contributed by atoms with Gasteiger partial charge in [-0.05, 0) is 57.2 Å². The van der Waals surface area contributed by atoms with E-state index >= 15 is 0 Å². The maximum absolute atomic E-state index is 6.08. The van der Waals surface area contributed by atoms with Crippen molar-refractivity contribution in [1.82, 2.24) is 39.9 Å². The number of pyridine rings is 2. The van der Waals surface area contributed by atoms with Crippen LogP contribution in [-0.2, 0) is 0 Å². The predicted octanol–water partition coefficient (Wildman–Crippen LogP) is 3.79. The maximum atomic E-state index is 6.08. The summed E-state index contributed by atoms with van der Waals surface area (Å²) in [6.07, 6.45) is 6.33. The molecule has 0 radical (unpaired) electrons. The van der Waals surface area contributed by atoms with Crippen LogP contribution in [-0.4, -0.2) is 99.4 Å². The first kappa shape index (κ1) is 24.1. The molecule has 0 aliphatic carbocycles. The van der Waals surface area contributed by atoms with Crippen LogP contribution in [0.4, 0.5) is 5.69 Å². The molecule has 2 saturated heterocycles. The number of hydrogen-bond donors (Lipinski definition) is 2. The number of hydrogen-bond acceptors (Lipinski definition) is 8. The van der Waals surface area contributed by atoms with Gasteiger partial charge in [0.25, 0.3) is 0 Å². The average Bonchev–Trinajstić information content (AvgIpc) is 3.73. The van der Waals surface area contributed by atoms with Gasteiger partial charge >= 0.3 is 0 Å². The van der Waals surface area contributed by atoms with Crippen LogP contribution >= 0.6 is 0 Å². The number of piperazine rings is 1. The van der Waals surface area contributed by atoms with Gasteiger partial charge in [-0.15, -0.1) is 0 Å². The van der Waals surface area contributed by atoms with E-state index in [4.69, 9.17) is 14.7 Å². The normalized spacial score (nSPS) is 17.0. The molecule has 10 nitrogen and oxygen atoms in total. The molecule has 2 N–H and O–H groups in total. The van der Waals surface area contributed by atoms with E-state index in [-0.39, 0.29) is 0 Å². The van der Waals surface area contributed by atoms with Gasteiger partial charge in [0.2, 0.25) is 0 Å². The smallest absolute Gasteiger partial charge is 0.161 e. The molecule has 5 aromatic rings. The minimum Gasteiger partial charge on any atom is -0.492 e. The Morgan fingerprint density at radius 1 is 0.897 bits per heavy atom. The lowest BCUT2D eigenvalue weighted by Gasteiger charge is -2.33. The Morgan fingerprint density at radius 2 is 1.77 bits per heavy atom. The van der Waals surface area contributed by atoms with Gasteiger partial charge in [0.05, 0.1) is 34.8 Å². The number of likely N-dealkylation sites (tertiary alicyclic amines) is 1. The van der Waals surface area contributed by atoms with Crippen LogP contribution < -0.4 is 9.64 Å². The van der Waals surface area contributed by atoms with E-state index in [1.165, 1.54) is 25.9 Å². The third-order valence-corrected chi connectivity index (χ3v) is 7.86. The van der Waals surface area contributed by atoms with Gasteiger partial charge in [-0.2, -0.15) is 5.10 Å². The number of fused-ring (bicyclic) bond motifs is 2. The highest BCUT2D eigenvalue weighted by Crippen LogP contribution is 2.31. The molecule has 2 fully saturated rings. The first-order chi connectivity index (χ1) is 19.2. The molecule has 4 aromatic heterocycles. The fraction of sp³-hybridized carbons (Fsp3) is 0.379. The Labute approximate surface area is 227 Å². The van der Waals surface area contributed by atoms with Gasteiger partial charge in [0.15, 0.2) is 11.5 Å². The van der Waals surface area contributed by atoms with Crippen molar-refractivity contribution < 1.29 is 4.74 Å². The van der Waals surface area contributed by atoms with Crippen molar-refractivity contribution in [1.29, 1.82) is 0 Å². The van der Waals surface area contributed by atoms with E-state index in [0.29, 0.717) is 18.1 Å². The molecule has 7 rings (SSSR count). The highest BCUT2D eigenvalue weighted by Gasteiger charge is 2.21. The van der Waals surface area contributed by atoms with Crippen molar-refractivity contribution in [2.75, 3.05) is 64.4 Å². The van der Waals surface area contributed by atoms with E-state index in [9.17, 15) is 0 Å². The standard InChI is InChI=1S/C29H33N9O/c1-36-11-13-38(14-12-36)25-19-30-18-24-26(25)33-29(32-24)28-27-23(34-35-28)8-7-22(31-27)20-5-4-6-21(17-20)39-16-15-37-9-2-3-10-37/h4-8,17-19H,2-3,9-16H2,1H3,(H,32,33)(H,34,35). The second-order valence-electron chi connectivity index (χ2n) is 10.5. The van der Waals surface area contributed by atoms with Gasteiger partial charge in [0.1, 0.15) is 23.4 Å². The monoisotopic (exact) mass is 523 g/mol. The van der Waals surface area contributed by atoms with E-state index in [1.807, 2.05) is 36.7 Å². The molecule has 0 unspecified atom stereocenters. The van der Waals surface area contributed by atoms with Crippen LogP contribution in [0.15, 0.2) is 48.8 Å². The van der Waals surface area contributed by atoms with Gasteiger partial charge in [-0.3, -0.25) is 15.0 Å². The van der Waals surface area contributed by atoms with Crippen LogP contribution in [0.25, 0.3) is 44.8 Å². The largest absolute Gasteiger partial charge is 0.492 e. The molecule has 0 spiro atoms. The second kappa shape index (κ2) is 10.3. The summed E-state index contributed by atoms with van der Waals surface area (Å²) in [4.78, 5) is 25.1. The molecule has 1 aromatic carbocycles. The van der Waals surface area contributed by atoms with Gasteiger partial charge in [-0.1, -0.05) is 12.1 Å². The molecular weight excluding hydrogens is 490 g/mol. The first-order valence-electron chi connectivity index (χ1n) is 13.8. The Bertz CT molecular complexity index is 1600. The number of ether oxygens (including phenoxy) is 1. The Hall–Kier alpha value is -4.02. The van der Waals surface area contributed by atoms with Crippen LogP contribution in [0.2, 0.25) is 0 Å². The number of nitrogens with zero attached hydrogens (tertiary/aromatic N) is 7. The summed E-state index contributed by atoms with van der Waals surface area (Å²) in [5, 5.41) is 7.72. The third kappa shape index (κ3) is 4.81. The first-order valence-corrected chi connectivity index (χ1v) is 13.8. The highest BCUT2D eigenvalue weighted by molar-refractivity contribution is 5.94. The zero-order valence-corrected chi connectivity index (χ0v) is 22.2. The number of nitrogens with one attached hydrogen (secondary N) is 2. The lowest BCUT2D eigenvalue weighted by molar-refractivity contribution is 0.238. The van der Waals surface area contributed by atoms with E-state index in [1.54, 1.807) is 0 Å². The number of aromatic nitrogens is 6. The summed E-state index contributed by atoms with van der Waals surface area (Å²) in [6.45, 7) is 7.98. The summed E-state index contributed by atoms with van der Waals surface area (Å²) in [5.41, 5.74) is 7.08. The van der Waals surface area contributed by atoms with E-state index in [2.05, 4.69) is 54.0 Å². The molecule has 6 heterocycles. The molecule has 39 heavy (non-hydrogen) atoms. The molecule has 0 atom stereocenters. The zero-order chi connectivity index (χ0) is 26.2. The van der Waals surface area contributed by atoms with E-state index in [0.717, 1.165) is 77.5 Å². The van der Waals surface area contributed by atoms with Crippen LogP contribution in [0.3, 0.4) is 0 Å². The predicted molar refractivity (Wildman–Crippen MR) is 153 cm³/mol. The molecule has 2 aliphatic heterocycles. The summed E-state index contributed by atoms with van der Waals surface area (Å²) >= 11 is 0. The summed E-state index contributed by atoms with van der Waals surface area (Å²) < 4.78 is 6.08. The Balaban J connectivity index is 1.17. The van der Waals surface area contributed by atoms with Crippen molar-refractivity contribution in [2.24, 2.45) is 0 Å². The maximum Gasteiger partial charge on any atom is 0.161 e. The zero-order valence-electron chi connectivity index (χ0n) is 22.2. The summed E-state index contributed by atoms with van der Waals surface area (Å²) in [6, 6.07) is 12.2. The molecule has 2 aliphatic rings. The van der Waals surface area contributed by atoms with Crippen molar-refractivity contribution in [3.8, 4) is 28.5 Å². The van der Waals surface area contributed by atoms with Crippen LogP contribution in [0.5, 0.6) is 5.75 Å². The third-order valence-electron chi connectivity index (χ3n) is 7.86. The van der Waals surface area contributed by atoms with Gasteiger partial charge in [0, 0.05) is 38.3 Å². The van der Waals surface area contributed by atoms with Crippen LogP contribution in [0, 0.1) is 0 Å². The Kier molecular flexibility index (Phi) is 6.34. The average molecular weight is 524 g/mol. The summed E-state index contributed by atoms with van der Waals surface area (Å²) in [5.74, 6) is 1.55. The number of rotatable bonds is 7. The highest BCUT2D eigenvalue weighted by atomic mass is 16.5. The lowest BCUT2D eigenvalue weighted by atomic mass is 10.1. The molecule has 0 bridgehead atoms. The number of imidazole rings is 1. The van der Waals surface area contributed by atoms with Crippen molar-refractivity contribution in [2.45, 2.75) is 12.8 Å². The molecule has 0 saturated carbocycles. The minimum absolute atomic E-state index is 0.684. The number of benzene rings is 1. The van der Waals surface area contributed by atoms with Crippen molar-refractivity contribution in [3.63, 3.8) is 0 Å². The quantitative estimate of drug-likeness (QED) is 0.332. The molecular formula is C29H33N9O. The van der Waals surface area contributed by atoms with E-state index < -0.39 is 0 Å². The number of likely N-dealkylation sites (N-methyl/N-ethyl adjacent to an activating group) is 1. The fourth-order valence-electron chi connectivity index (χ4n) is 5.58. The van der Waals surface area contributed by atoms with Crippen LogP contribution in [0.1, 0.15) is 12.8 Å². The minimum atomic E-state index is 0.684. The number of H-pyrrole nitrogens is 2. The summed E-state index contributed by atoms with van der Waals surface area (Å²) in [7, 11) is 2.16. The fourth-order valence-corrected chi connectivity index (χ4v) is 5.58. The Morgan fingerprint density at radius 3 is 2.64 bits per heavy atom. The lowest BCUT2D eigenvalue weighted by Crippen LogP contribution is -2.44. The van der Waals surface area contributed by atoms with Crippen molar-refractivity contribution >= 4 is 27.8 Å². The second-order valence-corrected chi connectivity index (χ2v) is 10.5. The van der Waals surface area contributed by atoms with Gasteiger partial charge < -0.3 is 19.5 Å². The number of anilines is 1. The molecule has 10 heteroatoms. The molecule has 0 amide bonds. The SMILES string of the molecule is CN1CCN(c2cncc3[nH]c(-c4n[nH]c5ccc(-c6cccc(OCCN7CCCC7)c6)nc45)nc23)CC1. The number of aromatic amines is 2. The topological polar surface area (TPSA) is 102 Å².